The van der Waals surface area contributed by atoms with Crippen LogP contribution in [0.1, 0.15) is 60.8 Å². The van der Waals surface area contributed by atoms with Gasteiger partial charge >= 0.3 is 10.2 Å². The number of ketones is 1. The van der Waals surface area contributed by atoms with Crippen molar-refractivity contribution < 1.29 is 55.3 Å². The van der Waals surface area contributed by atoms with Gasteiger partial charge in [0, 0.05) is 61.5 Å². The van der Waals surface area contributed by atoms with E-state index in [1.807, 2.05) is 35.9 Å². The number of aliphatic hydroxyl groups excluding tert-OH is 1. The van der Waals surface area contributed by atoms with Crippen LogP contribution < -0.4 is 20.1 Å². The second-order valence-electron chi connectivity index (χ2n) is 18.7. The zero-order valence-electron chi connectivity index (χ0n) is 39.7. The largest absolute Gasteiger partial charge is 0.491 e. The van der Waals surface area contributed by atoms with Crippen LogP contribution in [0.5, 0.6) is 5.75 Å². The van der Waals surface area contributed by atoms with E-state index >= 15 is 8.78 Å². The molecule has 3 aromatic carbocycles. The number of thiazole rings is 1. The second-order valence-corrected chi connectivity index (χ2v) is 21.2. The molecule has 22 heteroatoms. The molecule has 0 bridgehead atoms. The molecule has 0 radical (unpaired) electrons. The Bertz CT molecular complexity index is 3090. The van der Waals surface area contributed by atoms with Crippen molar-refractivity contribution in [2.45, 2.75) is 71.4 Å². The molecular formula is C50H53F3N8O9S2. The Morgan fingerprint density at radius 1 is 0.972 bits per heavy atom. The predicted molar refractivity (Wildman–Crippen MR) is 263 cm³/mol. The molecule has 3 amide bonds. The molecule has 2 fully saturated rings. The predicted octanol–water partition coefficient (Wildman–Crippen LogP) is 6.08. The molecule has 0 aliphatic carbocycles. The van der Waals surface area contributed by atoms with E-state index in [4.69, 9.17) is 9.47 Å². The lowest BCUT2D eigenvalue weighted by Crippen LogP contribution is -2.58. The van der Waals surface area contributed by atoms with E-state index in [2.05, 4.69) is 25.6 Å². The van der Waals surface area contributed by atoms with E-state index < -0.39 is 92.9 Å². The Hall–Kier alpha value is -6.72. The Balaban J connectivity index is 0.822. The van der Waals surface area contributed by atoms with Crippen LogP contribution in [0.25, 0.3) is 32.6 Å². The summed E-state index contributed by atoms with van der Waals surface area (Å²) in [7, 11) is -4.39. The fourth-order valence-electron chi connectivity index (χ4n) is 8.54. The topological polar surface area (TPSA) is 225 Å². The number of fused-ring (bicyclic) bond motifs is 1. The van der Waals surface area contributed by atoms with Crippen molar-refractivity contribution in [3.63, 3.8) is 0 Å². The van der Waals surface area contributed by atoms with Crippen molar-refractivity contribution in [2.75, 3.05) is 44.2 Å². The number of hydrogen-bond donors (Lipinski definition) is 5. The molecule has 5 heterocycles. The molecule has 17 nitrogen and oxygen atoms in total. The Kier molecular flexibility index (Phi) is 15.5. The smallest absolute Gasteiger partial charge is 0.301 e. The van der Waals surface area contributed by atoms with Crippen molar-refractivity contribution >= 4 is 61.8 Å². The highest BCUT2D eigenvalue weighted by Gasteiger charge is 2.44. The number of nitrogens with one attached hydrogen (secondary N) is 4. The number of aryl methyl sites for hydroxylation is 1. The molecule has 2 aliphatic rings. The number of amides is 3. The number of pyridine rings is 1. The first-order chi connectivity index (χ1) is 34.3. The van der Waals surface area contributed by atoms with Gasteiger partial charge in [-0.3, -0.25) is 23.9 Å². The van der Waals surface area contributed by atoms with Gasteiger partial charge < -0.3 is 35.1 Å². The molecule has 2 aliphatic heterocycles. The maximum atomic E-state index is 15.7. The normalized spacial score (nSPS) is 17.8. The summed E-state index contributed by atoms with van der Waals surface area (Å²) in [6.45, 7) is 6.59. The average Bonchev–Trinajstić information content (AvgIpc) is 4.18. The molecule has 2 saturated heterocycles. The van der Waals surface area contributed by atoms with Crippen molar-refractivity contribution in [1.82, 2.24) is 34.8 Å². The number of halogens is 3. The second kappa shape index (κ2) is 21.6. The SMILES string of the molecule is Cc1ncsc1-c1ccc(CNC(=O)[C@@H]2C[C@@H](O)CN2C(=O)[C@@H](NC(=O)COCCOc2ccc(-c3cnc4[nH]cc(C(=O)c5c(F)ccc(NS(=O)(=O)N6CC[C@@H](F)C6)c5F)c4c3)cc2)C(C)(C)C)cc1. The lowest BCUT2D eigenvalue weighted by molar-refractivity contribution is -0.144. The van der Waals surface area contributed by atoms with Gasteiger partial charge in [0.1, 0.15) is 48.7 Å². The van der Waals surface area contributed by atoms with E-state index in [1.165, 1.54) is 17.3 Å². The first-order valence-electron chi connectivity index (χ1n) is 23.0. The van der Waals surface area contributed by atoms with Crippen LogP contribution in [0, 0.1) is 24.0 Å². The average molecular weight is 1030 g/mol. The number of benzene rings is 3. The van der Waals surface area contributed by atoms with Gasteiger partial charge in [0.25, 0.3) is 0 Å². The number of β-amino-alcohol motifs (C(OH)–C–C–N with tert-alkyl or cyclic N) is 1. The van der Waals surface area contributed by atoms with E-state index in [0.717, 1.165) is 38.1 Å². The third-order valence-electron chi connectivity index (χ3n) is 12.4. The zero-order chi connectivity index (χ0) is 51.5. The number of carbonyl (C=O) groups is 4. The summed E-state index contributed by atoms with van der Waals surface area (Å²) in [5.41, 5.74) is 3.50. The van der Waals surface area contributed by atoms with Crippen LogP contribution >= 0.6 is 11.3 Å². The Morgan fingerprint density at radius 3 is 2.39 bits per heavy atom. The van der Waals surface area contributed by atoms with E-state index in [0.29, 0.717) is 16.9 Å². The standard InChI is InChI=1S/C50H53F3N8O9S2/c1-28-45(71-27-57-28)31-7-5-29(6-8-31)21-56-48(65)40-20-34(62)25-61(40)49(66)46(50(2,3)4)58-41(63)26-69-17-18-70-35-11-9-30(10-12-35)32-19-36-37(23-55-47(36)54-22-32)44(64)42-38(52)13-14-39(43(42)53)59-72(67,68)60-16-15-33(51)24-60/h5-14,19,22-23,27,33-34,40,46,59,62H,15-18,20-21,24-26H2,1-4H3,(H,54,55)(H,56,65)(H,58,63)/t33-,34-,40+,46-/m1/s1. The molecule has 3 aromatic heterocycles. The van der Waals surface area contributed by atoms with Crippen LogP contribution in [0.2, 0.25) is 0 Å². The number of aromatic nitrogens is 3. The van der Waals surface area contributed by atoms with Gasteiger partial charge in [-0.1, -0.05) is 57.2 Å². The molecule has 6 aromatic rings. The van der Waals surface area contributed by atoms with Gasteiger partial charge in [-0.2, -0.15) is 12.7 Å². The van der Waals surface area contributed by atoms with Crippen LogP contribution in [0.15, 0.2) is 84.6 Å². The number of carbonyl (C=O) groups excluding carboxylic acids is 4. The third-order valence-corrected chi connectivity index (χ3v) is 14.9. The van der Waals surface area contributed by atoms with Crippen LogP contribution in [0.3, 0.4) is 0 Å². The number of anilines is 1. The quantitative estimate of drug-likeness (QED) is 0.0490. The minimum atomic E-state index is -4.39. The van der Waals surface area contributed by atoms with Crippen LogP contribution in [-0.2, 0) is 35.9 Å². The lowest BCUT2D eigenvalue weighted by atomic mass is 9.85. The lowest BCUT2D eigenvalue weighted by Gasteiger charge is -2.35. The number of alkyl halides is 1. The fraction of sp³-hybridized carbons (Fsp3) is 0.360. The highest BCUT2D eigenvalue weighted by molar-refractivity contribution is 7.90. The van der Waals surface area contributed by atoms with E-state index in [1.54, 1.807) is 68.0 Å². The van der Waals surface area contributed by atoms with Crippen molar-refractivity contribution in [3.8, 4) is 27.3 Å². The van der Waals surface area contributed by atoms with Gasteiger partial charge in [0.05, 0.1) is 40.0 Å². The maximum absolute atomic E-state index is 15.7. The molecule has 4 atom stereocenters. The summed E-state index contributed by atoms with van der Waals surface area (Å²) in [5.74, 6) is -4.75. The number of hydrogen-bond acceptors (Lipinski definition) is 12. The van der Waals surface area contributed by atoms with Crippen LogP contribution in [0.4, 0.5) is 18.9 Å². The van der Waals surface area contributed by atoms with Crippen molar-refractivity contribution in [3.05, 3.63) is 119 Å². The van der Waals surface area contributed by atoms with Gasteiger partial charge in [-0.15, -0.1) is 11.3 Å². The molecule has 380 valence electrons. The highest BCUT2D eigenvalue weighted by Crippen LogP contribution is 2.32. The maximum Gasteiger partial charge on any atom is 0.301 e. The molecule has 5 N–H and O–H groups in total. The number of aromatic amines is 1. The monoisotopic (exact) mass is 1030 g/mol. The first-order valence-corrected chi connectivity index (χ1v) is 25.4. The van der Waals surface area contributed by atoms with Gasteiger partial charge in [-0.25, -0.2) is 23.1 Å². The molecule has 0 saturated carbocycles. The summed E-state index contributed by atoms with van der Waals surface area (Å²) in [6.07, 6.45) is 0.514. The first kappa shape index (κ1) is 51.6. The number of nitrogens with zero attached hydrogens (tertiary/aromatic N) is 4. The highest BCUT2D eigenvalue weighted by atomic mass is 32.2. The molecule has 72 heavy (non-hydrogen) atoms. The summed E-state index contributed by atoms with van der Waals surface area (Å²) in [4.78, 5) is 68.2. The Morgan fingerprint density at radius 2 is 1.71 bits per heavy atom. The van der Waals surface area contributed by atoms with Gasteiger partial charge in [0.15, 0.2) is 5.82 Å². The number of likely N-dealkylation sites (tertiary alicyclic amines) is 1. The van der Waals surface area contributed by atoms with Gasteiger partial charge in [-0.05, 0) is 65.8 Å². The Labute approximate surface area is 417 Å². The number of ether oxygens (including phenoxy) is 2. The minimum absolute atomic E-state index is 0.0103. The zero-order valence-corrected chi connectivity index (χ0v) is 41.3. The number of aliphatic hydroxyl groups is 1. The van der Waals surface area contributed by atoms with Crippen molar-refractivity contribution in [2.24, 2.45) is 5.41 Å². The molecule has 8 rings (SSSR count). The number of H-pyrrole nitrogens is 1. The third kappa shape index (κ3) is 11.6. The fourth-order valence-corrected chi connectivity index (χ4v) is 10.6. The molecular weight excluding hydrogens is 978 g/mol. The van der Waals surface area contributed by atoms with Crippen molar-refractivity contribution in [1.29, 1.82) is 0 Å². The minimum Gasteiger partial charge on any atom is -0.491 e. The summed E-state index contributed by atoms with van der Waals surface area (Å²) < 4.78 is 84.3. The van der Waals surface area contributed by atoms with E-state index in [-0.39, 0.29) is 68.9 Å². The summed E-state index contributed by atoms with van der Waals surface area (Å²) >= 11 is 1.55. The summed E-state index contributed by atoms with van der Waals surface area (Å²) in [5, 5.41) is 16.5. The molecule has 0 spiro atoms. The summed E-state index contributed by atoms with van der Waals surface area (Å²) in [6, 6.07) is 15.8. The molecule has 0 unspecified atom stereocenters. The number of rotatable bonds is 18. The van der Waals surface area contributed by atoms with Crippen LogP contribution in [-0.4, -0.2) is 125 Å². The van der Waals surface area contributed by atoms with Gasteiger partial charge in [0.2, 0.25) is 23.5 Å². The van der Waals surface area contributed by atoms with E-state index in [9.17, 15) is 37.1 Å².